The van der Waals surface area contributed by atoms with Crippen molar-refractivity contribution in [2.24, 2.45) is 0 Å². The van der Waals surface area contributed by atoms with Crippen molar-refractivity contribution in [2.45, 2.75) is 38.1 Å². The number of benzene rings is 1. The van der Waals surface area contributed by atoms with E-state index in [9.17, 15) is 4.79 Å². The number of aryl methyl sites for hydroxylation is 2. The SMILES string of the molecule is O=c1c2c([nH]n1-c1ccccn1)CCC(NCCCc1ccccc1)C2. The van der Waals surface area contributed by atoms with Crippen LogP contribution in [0.4, 0.5) is 0 Å². The lowest BCUT2D eigenvalue weighted by Gasteiger charge is -2.22. The van der Waals surface area contributed by atoms with Crippen LogP contribution in [0.25, 0.3) is 5.82 Å². The van der Waals surface area contributed by atoms with Crippen LogP contribution < -0.4 is 10.9 Å². The first-order valence-electron chi connectivity index (χ1n) is 9.33. The Labute approximate surface area is 153 Å². The summed E-state index contributed by atoms with van der Waals surface area (Å²) in [5.41, 5.74) is 3.38. The van der Waals surface area contributed by atoms with Crippen molar-refractivity contribution >= 4 is 0 Å². The van der Waals surface area contributed by atoms with Crippen LogP contribution in [0.15, 0.2) is 59.5 Å². The lowest BCUT2D eigenvalue weighted by molar-refractivity contribution is 0.451. The highest BCUT2D eigenvalue weighted by Gasteiger charge is 2.24. The van der Waals surface area contributed by atoms with E-state index in [2.05, 4.69) is 45.7 Å². The Balaban J connectivity index is 1.36. The highest BCUT2D eigenvalue weighted by Crippen LogP contribution is 2.18. The summed E-state index contributed by atoms with van der Waals surface area (Å²) in [5.74, 6) is 0.652. The Hall–Kier alpha value is -2.66. The van der Waals surface area contributed by atoms with Gasteiger partial charge in [-0.2, -0.15) is 0 Å². The molecule has 1 aliphatic carbocycles. The average molecular weight is 348 g/mol. The van der Waals surface area contributed by atoms with E-state index in [1.807, 2.05) is 18.2 Å². The van der Waals surface area contributed by atoms with E-state index in [-0.39, 0.29) is 5.56 Å². The normalized spacial score (nSPS) is 16.4. The molecule has 134 valence electrons. The third-order valence-electron chi connectivity index (χ3n) is 5.06. The molecule has 0 saturated carbocycles. The Morgan fingerprint density at radius 1 is 1.15 bits per heavy atom. The lowest BCUT2D eigenvalue weighted by Crippen LogP contribution is -2.36. The van der Waals surface area contributed by atoms with Crippen LogP contribution in [0.3, 0.4) is 0 Å². The number of fused-ring (bicyclic) bond motifs is 1. The van der Waals surface area contributed by atoms with Crippen LogP contribution in [0.1, 0.15) is 29.7 Å². The second kappa shape index (κ2) is 7.70. The van der Waals surface area contributed by atoms with E-state index >= 15 is 0 Å². The zero-order valence-electron chi connectivity index (χ0n) is 14.8. The standard InChI is InChI=1S/C21H24N4O/c26-21-18-15-17(22-14-6-9-16-7-2-1-3-8-16)11-12-19(18)24-25(21)20-10-4-5-13-23-20/h1-5,7-8,10,13,17,22,24H,6,9,11-12,14-15H2. The van der Waals surface area contributed by atoms with E-state index in [1.54, 1.807) is 10.9 Å². The molecule has 0 radical (unpaired) electrons. The molecule has 0 fully saturated rings. The Morgan fingerprint density at radius 2 is 2.00 bits per heavy atom. The number of aromatic nitrogens is 3. The molecular formula is C21H24N4O. The summed E-state index contributed by atoms with van der Waals surface area (Å²) in [5, 5.41) is 6.87. The zero-order valence-corrected chi connectivity index (χ0v) is 14.8. The van der Waals surface area contributed by atoms with Crippen LogP contribution >= 0.6 is 0 Å². The van der Waals surface area contributed by atoms with Crippen molar-refractivity contribution in [3.05, 3.63) is 81.9 Å². The number of nitrogens with one attached hydrogen (secondary N) is 2. The molecule has 0 spiro atoms. The molecule has 5 heteroatoms. The van der Waals surface area contributed by atoms with Crippen molar-refractivity contribution in [1.82, 2.24) is 20.1 Å². The fraction of sp³-hybridized carbons (Fsp3) is 0.333. The van der Waals surface area contributed by atoms with Gasteiger partial charge in [0.15, 0.2) is 5.82 Å². The maximum absolute atomic E-state index is 12.7. The zero-order chi connectivity index (χ0) is 17.8. The fourth-order valence-corrected chi connectivity index (χ4v) is 3.67. The molecule has 0 amide bonds. The largest absolute Gasteiger partial charge is 0.314 e. The molecule has 0 bridgehead atoms. The van der Waals surface area contributed by atoms with Crippen LogP contribution in [-0.2, 0) is 19.3 Å². The second-order valence-electron chi connectivity index (χ2n) is 6.88. The maximum Gasteiger partial charge on any atom is 0.276 e. The van der Waals surface area contributed by atoms with Gasteiger partial charge in [-0.25, -0.2) is 9.67 Å². The molecule has 1 aromatic carbocycles. The number of pyridine rings is 1. The van der Waals surface area contributed by atoms with Gasteiger partial charge in [-0.3, -0.25) is 9.89 Å². The molecule has 3 aromatic rings. The van der Waals surface area contributed by atoms with Crippen molar-refractivity contribution in [3.8, 4) is 5.82 Å². The third-order valence-corrected chi connectivity index (χ3v) is 5.06. The van der Waals surface area contributed by atoms with E-state index < -0.39 is 0 Å². The summed E-state index contributed by atoms with van der Waals surface area (Å²) in [7, 11) is 0. The molecule has 5 nitrogen and oxygen atoms in total. The van der Waals surface area contributed by atoms with Gasteiger partial charge in [0.1, 0.15) is 0 Å². The summed E-state index contributed by atoms with van der Waals surface area (Å²) >= 11 is 0. The monoisotopic (exact) mass is 348 g/mol. The lowest BCUT2D eigenvalue weighted by atomic mass is 9.93. The van der Waals surface area contributed by atoms with Crippen molar-refractivity contribution in [1.29, 1.82) is 0 Å². The first-order valence-corrected chi connectivity index (χ1v) is 9.33. The molecule has 1 atom stereocenters. The van der Waals surface area contributed by atoms with Crippen LogP contribution in [-0.4, -0.2) is 27.4 Å². The van der Waals surface area contributed by atoms with Gasteiger partial charge in [-0.05, 0) is 56.3 Å². The first-order chi connectivity index (χ1) is 12.8. The topological polar surface area (TPSA) is 62.7 Å². The Kier molecular flexibility index (Phi) is 4.97. The van der Waals surface area contributed by atoms with Gasteiger partial charge in [0.25, 0.3) is 5.56 Å². The summed E-state index contributed by atoms with van der Waals surface area (Å²) in [6.07, 6.45) is 6.65. The minimum absolute atomic E-state index is 0.0366. The number of rotatable bonds is 6. The summed E-state index contributed by atoms with van der Waals surface area (Å²) in [6, 6.07) is 16.5. The molecule has 2 aromatic heterocycles. The highest BCUT2D eigenvalue weighted by molar-refractivity contribution is 5.28. The minimum Gasteiger partial charge on any atom is -0.314 e. The molecule has 1 aliphatic rings. The van der Waals surface area contributed by atoms with Gasteiger partial charge in [0.2, 0.25) is 0 Å². The smallest absolute Gasteiger partial charge is 0.276 e. The highest BCUT2D eigenvalue weighted by atomic mass is 16.1. The molecule has 0 saturated heterocycles. The van der Waals surface area contributed by atoms with Crippen molar-refractivity contribution in [3.63, 3.8) is 0 Å². The summed E-state index contributed by atoms with van der Waals surface area (Å²) < 4.78 is 1.57. The van der Waals surface area contributed by atoms with E-state index in [0.717, 1.165) is 49.9 Å². The van der Waals surface area contributed by atoms with Gasteiger partial charge in [0.05, 0.1) is 0 Å². The van der Waals surface area contributed by atoms with Crippen LogP contribution in [0.2, 0.25) is 0 Å². The van der Waals surface area contributed by atoms with Gasteiger partial charge >= 0.3 is 0 Å². The summed E-state index contributed by atoms with van der Waals surface area (Å²) in [4.78, 5) is 17.0. The van der Waals surface area contributed by atoms with E-state index in [0.29, 0.717) is 11.9 Å². The number of aromatic amines is 1. The fourth-order valence-electron chi connectivity index (χ4n) is 3.67. The third kappa shape index (κ3) is 3.63. The molecule has 0 aliphatic heterocycles. The molecule has 4 rings (SSSR count). The second-order valence-corrected chi connectivity index (χ2v) is 6.88. The Bertz CT molecular complexity index is 899. The maximum atomic E-state index is 12.7. The predicted molar refractivity (Wildman–Crippen MR) is 103 cm³/mol. The van der Waals surface area contributed by atoms with Crippen LogP contribution in [0.5, 0.6) is 0 Å². The van der Waals surface area contributed by atoms with Crippen LogP contribution in [0, 0.1) is 0 Å². The number of hydrogen-bond donors (Lipinski definition) is 2. The van der Waals surface area contributed by atoms with E-state index in [1.165, 1.54) is 5.56 Å². The molecular weight excluding hydrogens is 324 g/mol. The number of H-pyrrole nitrogens is 1. The van der Waals surface area contributed by atoms with Gasteiger partial charge in [-0.1, -0.05) is 36.4 Å². The minimum atomic E-state index is 0.0366. The van der Waals surface area contributed by atoms with Gasteiger partial charge in [0, 0.05) is 23.5 Å². The molecule has 2 N–H and O–H groups in total. The molecule has 26 heavy (non-hydrogen) atoms. The average Bonchev–Trinajstić information content (AvgIpc) is 3.03. The summed E-state index contributed by atoms with van der Waals surface area (Å²) in [6.45, 7) is 0.980. The molecule has 1 unspecified atom stereocenters. The first kappa shape index (κ1) is 16.8. The molecule has 2 heterocycles. The van der Waals surface area contributed by atoms with Gasteiger partial charge < -0.3 is 5.32 Å². The van der Waals surface area contributed by atoms with Gasteiger partial charge in [-0.15, -0.1) is 0 Å². The van der Waals surface area contributed by atoms with E-state index in [4.69, 9.17) is 0 Å². The van der Waals surface area contributed by atoms with Crippen molar-refractivity contribution < 1.29 is 0 Å². The van der Waals surface area contributed by atoms with Crippen molar-refractivity contribution in [2.75, 3.05) is 6.54 Å². The Morgan fingerprint density at radius 3 is 2.81 bits per heavy atom. The number of hydrogen-bond acceptors (Lipinski definition) is 3. The number of nitrogens with zero attached hydrogens (tertiary/aromatic N) is 2. The predicted octanol–water partition coefficient (Wildman–Crippen LogP) is 2.64. The quantitative estimate of drug-likeness (QED) is 0.673.